The third-order valence-corrected chi connectivity index (χ3v) is 4.96. The first-order valence-corrected chi connectivity index (χ1v) is 9.64. The molecule has 1 saturated heterocycles. The van der Waals surface area contributed by atoms with E-state index < -0.39 is 0 Å². The molecule has 1 unspecified atom stereocenters. The first-order valence-electron chi connectivity index (χ1n) is 9.64. The predicted molar refractivity (Wildman–Crippen MR) is 107 cm³/mol. The summed E-state index contributed by atoms with van der Waals surface area (Å²) in [6, 6.07) is 15.3. The summed E-state index contributed by atoms with van der Waals surface area (Å²) in [6.45, 7) is 3.56. The van der Waals surface area contributed by atoms with Gasteiger partial charge in [0, 0.05) is 30.6 Å². The van der Waals surface area contributed by atoms with E-state index in [-0.39, 0.29) is 11.8 Å². The number of aromatic nitrogens is 2. The van der Waals surface area contributed by atoms with Crippen LogP contribution in [0.1, 0.15) is 30.7 Å². The van der Waals surface area contributed by atoms with Crippen molar-refractivity contribution in [2.24, 2.45) is 0 Å². The number of amides is 1. The SMILES string of the molecule is CCOc1cccc(-c2noc(C3CC(=O)N(Cc4ccccc4OC)C3)n2)c1. The standard InChI is InChI=1S/C22H23N3O4/c1-3-28-18-9-6-8-15(11-18)21-23-22(29-24-21)17-12-20(26)25(14-17)13-16-7-4-5-10-19(16)27-2/h4-11,17H,3,12-14H2,1-2H3. The summed E-state index contributed by atoms with van der Waals surface area (Å²) < 4.78 is 16.4. The van der Waals surface area contributed by atoms with Gasteiger partial charge in [0.2, 0.25) is 17.6 Å². The Kier molecular flexibility index (Phi) is 5.46. The van der Waals surface area contributed by atoms with Crippen LogP contribution in [0.4, 0.5) is 0 Å². The quantitative estimate of drug-likeness (QED) is 0.610. The summed E-state index contributed by atoms with van der Waals surface area (Å²) in [5.74, 6) is 2.47. The molecule has 0 saturated carbocycles. The van der Waals surface area contributed by atoms with Crippen LogP contribution in [0.25, 0.3) is 11.4 Å². The maximum absolute atomic E-state index is 12.5. The Hall–Kier alpha value is -3.35. The lowest BCUT2D eigenvalue weighted by Gasteiger charge is -2.17. The van der Waals surface area contributed by atoms with E-state index in [0.717, 1.165) is 22.6 Å². The van der Waals surface area contributed by atoms with Crippen molar-refractivity contribution in [3.05, 3.63) is 60.0 Å². The molecule has 7 nitrogen and oxygen atoms in total. The zero-order valence-corrected chi connectivity index (χ0v) is 16.5. The number of carbonyl (C=O) groups excluding carboxylic acids is 1. The lowest BCUT2D eigenvalue weighted by Crippen LogP contribution is -2.24. The molecule has 0 bridgehead atoms. The van der Waals surface area contributed by atoms with Gasteiger partial charge in [-0.15, -0.1) is 0 Å². The van der Waals surface area contributed by atoms with Crippen LogP contribution in [0.3, 0.4) is 0 Å². The monoisotopic (exact) mass is 393 g/mol. The maximum Gasteiger partial charge on any atom is 0.232 e. The van der Waals surface area contributed by atoms with E-state index >= 15 is 0 Å². The molecule has 0 aliphatic carbocycles. The van der Waals surface area contributed by atoms with Crippen LogP contribution in [-0.2, 0) is 11.3 Å². The Morgan fingerprint density at radius 1 is 1.21 bits per heavy atom. The predicted octanol–water partition coefficient (Wildman–Crippen LogP) is 3.66. The second-order valence-electron chi connectivity index (χ2n) is 6.90. The number of para-hydroxylation sites is 1. The molecule has 7 heteroatoms. The molecule has 1 atom stereocenters. The highest BCUT2D eigenvalue weighted by Gasteiger charge is 2.34. The van der Waals surface area contributed by atoms with Gasteiger partial charge >= 0.3 is 0 Å². The number of carbonyl (C=O) groups is 1. The Bertz CT molecular complexity index is 1000. The number of nitrogens with zero attached hydrogens (tertiary/aromatic N) is 3. The van der Waals surface area contributed by atoms with Crippen molar-refractivity contribution in [2.75, 3.05) is 20.3 Å². The Balaban J connectivity index is 1.48. The Labute approximate surface area is 169 Å². The topological polar surface area (TPSA) is 77.7 Å². The Morgan fingerprint density at radius 3 is 2.90 bits per heavy atom. The van der Waals surface area contributed by atoms with Crippen LogP contribution >= 0.6 is 0 Å². The summed E-state index contributed by atoms with van der Waals surface area (Å²) in [5, 5.41) is 4.10. The van der Waals surface area contributed by atoms with Crippen LogP contribution in [0.2, 0.25) is 0 Å². The van der Waals surface area contributed by atoms with Crippen molar-refractivity contribution >= 4 is 5.91 Å². The molecule has 1 aliphatic heterocycles. The van der Waals surface area contributed by atoms with Crippen LogP contribution in [-0.4, -0.2) is 41.2 Å². The first-order chi connectivity index (χ1) is 14.2. The van der Waals surface area contributed by atoms with Gasteiger partial charge in [0.05, 0.1) is 19.6 Å². The average Bonchev–Trinajstić information content (AvgIpc) is 3.36. The maximum atomic E-state index is 12.5. The molecule has 1 amide bonds. The summed E-state index contributed by atoms with van der Waals surface area (Å²) in [7, 11) is 1.63. The number of benzene rings is 2. The molecule has 0 N–H and O–H groups in total. The van der Waals surface area contributed by atoms with E-state index in [1.165, 1.54) is 0 Å². The first kappa shape index (κ1) is 19.0. The van der Waals surface area contributed by atoms with Gasteiger partial charge in [0.25, 0.3) is 0 Å². The summed E-state index contributed by atoms with van der Waals surface area (Å²) in [4.78, 5) is 18.9. The smallest absolute Gasteiger partial charge is 0.232 e. The molecule has 4 rings (SSSR count). The number of hydrogen-bond acceptors (Lipinski definition) is 6. The largest absolute Gasteiger partial charge is 0.496 e. The van der Waals surface area contributed by atoms with E-state index in [9.17, 15) is 4.79 Å². The second kappa shape index (κ2) is 8.34. The third kappa shape index (κ3) is 4.08. The van der Waals surface area contributed by atoms with Crippen molar-refractivity contribution in [1.82, 2.24) is 15.0 Å². The zero-order chi connectivity index (χ0) is 20.2. The highest BCUT2D eigenvalue weighted by atomic mass is 16.5. The highest BCUT2D eigenvalue weighted by Crippen LogP contribution is 2.31. The molecule has 0 spiro atoms. The van der Waals surface area contributed by atoms with Gasteiger partial charge in [0.1, 0.15) is 11.5 Å². The molecular weight excluding hydrogens is 370 g/mol. The normalized spacial score (nSPS) is 16.3. The third-order valence-electron chi connectivity index (χ3n) is 4.96. The molecule has 29 heavy (non-hydrogen) atoms. The number of methoxy groups -OCH3 is 1. The fourth-order valence-electron chi connectivity index (χ4n) is 3.54. The summed E-state index contributed by atoms with van der Waals surface area (Å²) in [5.41, 5.74) is 1.80. The molecule has 150 valence electrons. The van der Waals surface area contributed by atoms with Crippen LogP contribution < -0.4 is 9.47 Å². The summed E-state index contributed by atoms with van der Waals surface area (Å²) in [6.07, 6.45) is 0.357. The molecule has 1 fully saturated rings. The number of hydrogen-bond donors (Lipinski definition) is 0. The minimum absolute atomic E-state index is 0.0685. The van der Waals surface area contributed by atoms with E-state index in [1.54, 1.807) is 7.11 Å². The molecule has 2 aromatic carbocycles. The molecular formula is C22H23N3O4. The van der Waals surface area contributed by atoms with Crippen LogP contribution in [0.5, 0.6) is 11.5 Å². The zero-order valence-electron chi connectivity index (χ0n) is 16.5. The van der Waals surface area contributed by atoms with Crippen LogP contribution in [0.15, 0.2) is 53.1 Å². The van der Waals surface area contributed by atoms with Crippen molar-refractivity contribution in [1.29, 1.82) is 0 Å². The average molecular weight is 393 g/mol. The molecule has 2 heterocycles. The van der Waals surface area contributed by atoms with Crippen LogP contribution in [0, 0.1) is 0 Å². The number of likely N-dealkylation sites (tertiary alicyclic amines) is 1. The van der Waals surface area contributed by atoms with E-state index in [0.29, 0.717) is 37.8 Å². The van der Waals surface area contributed by atoms with Gasteiger partial charge in [-0.3, -0.25) is 4.79 Å². The van der Waals surface area contributed by atoms with E-state index in [4.69, 9.17) is 14.0 Å². The number of rotatable bonds is 7. The minimum atomic E-state index is -0.117. The molecule has 1 aliphatic rings. The number of ether oxygens (including phenoxy) is 2. The van der Waals surface area contributed by atoms with Gasteiger partial charge in [-0.25, -0.2) is 0 Å². The molecule has 0 radical (unpaired) electrons. The van der Waals surface area contributed by atoms with Gasteiger partial charge < -0.3 is 18.9 Å². The fraction of sp³-hybridized carbons (Fsp3) is 0.318. The lowest BCUT2D eigenvalue weighted by atomic mass is 10.1. The van der Waals surface area contributed by atoms with Gasteiger partial charge in [-0.2, -0.15) is 4.98 Å². The van der Waals surface area contributed by atoms with Gasteiger partial charge in [-0.05, 0) is 25.1 Å². The Morgan fingerprint density at radius 2 is 2.07 bits per heavy atom. The van der Waals surface area contributed by atoms with Gasteiger partial charge in [-0.1, -0.05) is 35.5 Å². The lowest BCUT2D eigenvalue weighted by molar-refractivity contribution is -0.128. The molecule has 3 aromatic rings. The minimum Gasteiger partial charge on any atom is -0.496 e. The highest BCUT2D eigenvalue weighted by molar-refractivity contribution is 5.79. The van der Waals surface area contributed by atoms with Crippen molar-refractivity contribution in [3.8, 4) is 22.9 Å². The van der Waals surface area contributed by atoms with Crippen molar-refractivity contribution in [2.45, 2.75) is 25.8 Å². The second-order valence-corrected chi connectivity index (χ2v) is 6.90. The fourth-order valence-corrected chi connectivity index (χ4v) is 3.54. The van der Waals surface area contributed by atoms with E-state index in [2.05, 4.69) is 10.1 Å². The van der Waals surface area contributed by atoms with E-state index in [1.807, 2.05) is 60.4 Å². The van der Waals surface area contributed by atoms with Crippen molar-refractivity contribution in [3.63, 3.8) is 0 Å². The van der Waals surface area contributed by atoms with Crippen molar-refractivity contribution < 1.29 is 18.8 Å². The molecule has 1 aromatic heterocycles. The summed E-state index contributed by atoms with van der Waals surface area (Å²) >= 11 is 0. The van der Waals surface area contributed by atoms with Gasteiger partial charge in [0.15, 0.2) is 0 Å².